The van der Waals surface area contributed by atoms with E-state index in [0.717, 1.165) is 13.1 Å². The lowest BCUT2D eigenvalue weighted by molar-refractivity contribution is 0.0693. The molecular formula is C11H24N2O2S. The summed E-state index contributed by atoms with van der Waals surface area (Å²) < 4.78 is 0. The Labute approximate surface area is 102 Å². The fraction of sp³-hybridized carbons (Fsp3) is 1.00. The zero-order chi connectivity index (χ0) is 11.9. The van der Waals surface area contributed by atoms with Crippen molar-refractivity contribution in [3.05, 3.63) is 0 Å². The van der Waals surface area contributed by atoms with Crippen LogP contribution in [0.25, 0.3) is 0 Å². The van der Waals surface area contributed by atoms with E-state index < -0.39 is 5.41 Å². The van der Waals surface area contributed by atoms with E-state index in [1.165, 1.54) is 24.6 Å². The van der Waals surface area contributed by atoms with Crippen LogP contribution in [0.4, 0.5) is 0 Å². The van der Waals surface area contributed by atoms with Crippen LogP contribution in [0.5, 0.6) is 0 Å². The molecule has 0 amide bonds. The Morgan fingerprint density at radius 3 is 2.44 bits per heavy atom. The number of hydrogen-bond donors (Lipinski definition) is 3. The Hall–Kier alpha value is 0.190. The molecule has 0 unspecified atom stereocenters. The van der Waals surface area contributed by atoms with Gasteiger partial charge in [0.1, 0.15) is 0 Å². The van der Waals surface area contributed by atoms with Gasteiger partial charge in [0.05, 0.1) is 13.2 Å². The van der Waals surface area contributed by atoms with Gasteiger partial charge in [-0.2, -0.15) is 11.8 Å². The Kier molecular flexibility index (Phi) is 6.68. The zero-order valence-electron chi connectivity index (χ0n) is 10.1. The number of nitrogens with zero attached hydrogens (tertiary/aromatic N) is 1. The van der Waals surface area contributed by atoms with E-state index in [1.54, 1.807) is 0 Å². The Morgan fingerprint density at radius 1 is 1.25 bits per heavy atom. The largest absolute Gasteiger partial charge is 0.396 e. The molecule has 16 heavy (non-hydrogen) atoms. The topological polar surface area (TPSA) is 55.7 Å². The summed E-state index contributed by atoms with van der Waals surface area (Å²) >= 11 is 2.02. The molecule has 4 nitrogen and oxygen atoms in total. The first-order valence-electron chi connectivity index (χ1n) is 5.93. The number of hydrogen-bond acceptors (Lipinski definition) is 5. The third-order valence-corrected chi connectivity index (χ3v) is 3.97. The van der Waals surface area contributed by atoms with E-state index in [2.05, 4.69) is 10.2 Å². The smallest absolute Gasteiger partial charge is 0.0518 e. The summed E-state index contributed by atoms with van der Waals surface area (Å²) in [5.41, 5.74) is -0.391. The van der Waals surface area contributed by atoms with Crippen LogP contribution in [0.1, 0.15) is 6.92 Å². The number of aliphatic hydroxyl groups is 2. The summed E-state index contributed by atoms with van der Waals surface area (Å²) in [7, 11) is 0. The van der Waals surface area contributed by atoms with Crippen molar-refractivity contribution in [1.82, 2.24) is 10.2 Å². The summed E-state index contributed by atoms with van der Waals surface area (Å²) in [6.45, 7) is 6.97. The van der Waals surface area contributed by atoms with Gasteiger partial charge in [0.15, 0.2) is 0 Å². The normalized spacial score (nSPS) is 18.9. The molecule has 0 aromatic carbocycles. The molecule has 3 N–H and O–H groups in total. The summed E-state index contributed by atoms with van der Waals surface area (Å²) in [6, 6.07) is 0. The van der Waals surface area contributed by atoms with Crippen molar-refractivity contribution in [2.75, 3.05) is 57.4 Å². The van der Waals surface area contributed by atoms with E-state index in [4.69, 9.17) is 10.2 Å². The molecule has 1 fully saturated rings. The molecule has 0 atom stereocenters. The monoisotopic (exact) mass is 248 g/mol. The highest BCUT2D eigenvalue weighted by atomic mass is 32.2. The predicted octanol–water partition coefficient (Wildman–Crippen LogP) is -0.384. The van der Waals surface area contributed by atoms with Crippen LogP contribution in [-0.4, -0.2) is 72.6 Å². The average Bonchev–Trinajstić information content (AvgIpc) is 2.36. The Morgan fingerprint density at radius 2 is 1.88 bits per heavy atom. The first-order chi connectivity index (χ1) is 7.70. The van der Waals surface area contributed by atoms with Crippen molar-refractivity contribution in [3.8, 4) is 0 Å². The third-order valence-electron chi connectivity index (χ3n) is 3.02. The van der Waals surface area contributed by atoms with E-state index in [1.807, 2.05) is 18.7 Å². The molecule has 96 valence electrons. The predicted molar refractivity (Wildman–Crippen MR) is 68.9 cm³/mol. The second-order valence-electron chi connectivity index (χ2n) is 4.76. The molecule has 0 aliphatic carbocycles. The van der Waals surface area contributed by atoms with Crippen LogP contribution in [-0.2, 0) is 0 Å². The lowest BCUT2D eigenvalue weighted by Gasteiger charge is -2.28. The molecule has 1 aliphatic heterocycles. The molecule has 1 saturated heterocycles. The first kappa shape index (κ1) is 14.3. The van der Waals surface area contributed by atoms with Crippen molar-refractivity contribution in [2.45, 2.75) is 6.92 Å². The maximum absolute atomic E-state index is 9.12. The number of rotatable bonds is 7. The quantitative estimate of drug-likeness (QED) is 0.536. The van der Waals surface area contributed by atoms with Crippen LogP contribution >= 0.6 is 11.8 Å². The van der Waals surface area contributed by atoms with E-state index in [-0.39, 0.29) is 13.2 Å². The van der Waals surface area contributed by atoms with Gasteiger partial charge in [-0.1, -0.05) is 6.92 Å². The van der Waals surface area contributed by atoms with Crippen molar-refractivity contribution < 1.29 is 10.2 Å². The van der Waals surface area contributed by atoms with Crippen LogP contribution in [0.2, 0.25) is 0 Å². The summed E-state index contributed by atoms with van der Waals surface area (Å²) in [5, 5.41) is 21.5. The maximum Gasteiger partial charge on any atom is 0.0518 e. The third kappa shape index (κ3) is 5.01. The Balaban J connectivity index is 2.06. The summed E-state index contributed by atoms with van der Waals surface area (Å²) in [6.07, 6.45) is 0. The minimum Gasteiger partial charge on any atom is -0.396 e. The van der Waals surface area contributed by atoms with Crippen molar-refractivity contribution in [2.24, 2.45) is 5.41 Å². The van der Waals surface area contributed by atoms with Crippen molar-refractivity contribution in [3.63, 3.8) is 0 Å². The lowest BCUT2D eigenvalue weighted by atomic mass is 9.93. The lowest BCUT2D eigenvalue weighted by Crippen LogP contribution is -2.42. The minimum absolute atomic E-state index is 0.0247. The molecule has 5 heteroatoms. The molecule has 1 heterocycles. The van der Waals surface area contributed by atoms with E-state index in [0.29, 0.717) is 6.54 Å². The van der Waals surface area contributed by atoms with Gasteiger partial charge < -0.3 is 20.4 Å². The number of aliphatic hydroxyl groups excluding tert-OH is 2. The van der Waals surface area contributed by atoms with Gasteiger partial charge in [-0.15, -0.1) is 0 Å². The van der Waals surface area contributed by atoms with Gasteiger partial charge in [0.2, 0.25) is 0 Å². The van der Waals surface area contributed by atoms with Crippen LogP contribution in [0.15, 0.2) is 0 Å². The van der Waals surface area contributed by atoms with Crippen LogP contribution < -0.4 is 5.32 Å². The maximum atomic E-state index is 9.12. The van der Waals surface area contributed by atoms with Crippen molar-refractivity contribution >= 4 is 11.8 Å². The van der Waals surface area contributed by atoms with Gasteiger partial charge >= 0.3 is 0 Å². The average molecular weight is 248 g/mol. The highest BCUT2D eigenvalue weighted by Crippen LogP contribution is 2.12. The van der Waals surface area contributed by atoms with E-state index in [9.17, 15) is 0 Å². The van der Waals surface area contributed by atoms with Crippen molar-refractivity contribution in [1.29, 1.82) is 0 Å². The highest BCUT2D eigenvalue weighted by molar-refractivity contribution is 7.99. The van der Waals surface area contributed by atoms with Gasteiger partial charge in [0.25, 0.3) is 0 Å². The molecule has 0 saturated carbocycles. The standard InChI is InChI=1S/C11H24N2O2S/c1-11(9-14,10-15)8-12-2-3-13-4-6-16-7-5-13/h12,14-15H,2-10H2,1H3. The SMILES string of the molecule is CC(CO)(CO)CNCCN1CCSCC1. The molecular weight excluding hydrogens is 224 g/mol. The molecule has 0 aromatic rings. The molecule has 0 spiro atoms. The molecule has 1 aliphatic rings. The van der Waals surface area contributed by atoms with Crippen LogP contribution in [0, 0.1) is 5.41 Å². The summed E-state index contributed by atoms with van der Waals surface area (Å²) in [4.78, 5) is 2.46. The van der Waals surface area contributed by atoms with Gasteiger partial charge in [0, 0.05) is 49.6 Å². The molecule has 0 aromatic heterocycles. The molecule has 0 radical (unpaired) electrons. The fourth-order valence-corrected chi connectivity index (χ4v) is 2.59. The number of thioether (sulfide) groups is 1. The van der Waals surface area contributed by atoms with Gasteiger partial charge in [-0.3, -0.25) is 0 Å². The molecule has 0 bridgehead atoms. The second kappa shape index (κ2) is 7.50. The Bertz CT molecular complexity index is 183. The van der Waals surface area contributed by atoms with E-state index >= 15 is 0 Å². The van der Waals surface area contributed by atoms with Gasteiger partial charge in [-0.05, 0) is 0 Å². The zero-order valence-corrected chi connectivity index (χ0v) is 10.9. The summed E-state index contributed by atoms with van der Waals surface area (Å²) in [5.74, 6) is 2.48. The minimum atomic E-state index is -0.391. The van der Waals surface area contributed by atoms with Gasteiger partial charge in [-0.25, -0.2) is 0 Å². The first-order valence-corrected chi connectivity index (χ1v) is 7.08. The second-order valence-corrected chi connectivity index (χ2v) is 5.98. The molecule has 1 rings (SSSR count). The number of nitrogens with one attached hydrogen (secondary N) is 1. The fourth-order valence-electron chi connectivity index (χ4n) is 1.61. The van der Waals surface area contributed by atoms with Crippen LogP contribution in [0.3, 0.4) is 0 Å². The highest BCUT2D eigenvalue weighted by Gasteiger charge is 2.21.